The molecule has 126 valence electrons. The lowest BCUT2D eigenvalue weighted by Gasteiger charge is -2.24. The van der Waals surface area contributed by atoms with Gasteiger partial charge in [-0.2, -0.15) is 0 Å². The molecular weight excluding hydrogens is 312 g/mol. The first-order chi connectivity index (χ1) is 10.9. The highest BCUT2D eigenvalue weighted by molar-refractivity contribution is 7.91. The molecule has 2 aliphatic carbocycles. The van der Waals surface area contributed by atoms with Gasteiger partial charge in [0.25, 0.3) is 5.91 Å². The molecule has 1 heterocycles. The van der Waals surface area contributed by atoms with Crippen LogP contribution in [-0.4, -0.2) is 25.1 Å². The third kappa shape index (κ3) is 3.57. The molecule has 0 bridgehead atoms. The monoisotopic (exact) mass is 336 g/mol. The summed E-state index contributed by atoms with van der Waals surface area (Å²) >= 11 is 0. The predicted octanol–water partition coefficient (Wildman–Crippen LogP) is 2.72. The SMILES string of the molecule is Cc1nc(C2CCCCC2)c(S(=O)(=O)CC2CC2)cc1C(N)=O. The van der Waals surface area contributed by atoms with Gasteiger partial charge in [-0.05, 0) is 44.6 Å². The molecule has 0 unspecified atom stereocenters. The van der Waals surface area contributed by atoms with Crippen LogP contribution in [-0.2, 0) is 9.84 Å². The van der Waals surface area contributed by atoms with Crippen LogP contribution in [0.15, 0.2) is 11.0 Å². The summed E-state index contributed by atoms with van der Waals surface area (Å²) in [5.41, 5.74) is 6.81. The Labute approximate surface area is 137 Å². The Balaban J connectivity index is 2.08. The van der Waals surface area contributed by atoms with Crippen LogP contribution in [0.25, 0.3) is 0 Å². The second kappa shape index (κ2) is 6.23. The molecular formula is C17H24N2O3S. The fraction of sp³-hybridized carbons (Fsp3) is 0.647. The number of hydrogen-bond donors (Lipinski definition) is 1. The lowest BCUT2D eigenvalue weighted by molar-refractivity contribution is 0.0999. The zero-order valence-electron chi connectivity index (χ0n) is 13.5. The zero-order valence-corrected chi connectivity index (χ0v) is 14.4. The van der Waals surface area contributed by atoms with E-state index < -0.39 is 15.7 Å². The Hall–Kier alpha value is -1.43. The molecule has 0 spiro atoms. The fourth-order valence-corrected chi connectivity index (χ4v) is 5.42. The van der Waals surface area contributed by atoms with E-state index in [0.29, 0.717) is 11.4 Å². The summed E-state index contributed by atoms with van der Waals surface area (Å²) in [6.45, 7) is 1.73. The van der Waals surface area contributed by atoms with Crippen molar-refractivity contribution in [2.75, 3.05) is 5.75 Å². The van der Waals surface area contributed by atoms with Crippen molar-refractivity contribution in [1.82, 2.24) is 4.98 Å². The number of hydrogen-bond acceptors (Lipinski definition) is 4. The van der Waals surface area contributed by atoms with Crippen molar-refractivity contribution in [1.29, 1.82) is 0 Å². The minimum Gasteiger partial charge on any atom is -0.366 e. The van der Waals surface area contributed by atoms with Crippen molar-refractivity contribution in [2.45, 2.75) is 62.7 Å². The second-order valence-corrected chi connectivity index (χ2v) is 8.93. The largest absolute Gasteiger partial charge is 0.366 e. The van der Waals surface area contributed by atoms with Crippen LogP contribution in [0, 0.1) is 12.8 Å². The van der Waals surface area contributed by atoms with E-state index in [1.54, 1.807) is 6.92 Å². The van der Waals surface area contributed by atoms with Crippen LogP contribution < -0.4 is 5.73 Å². The molecule has 2 fully saturated rings. The van der Waals surface area contributed by atoms with E-state index in [1.165, 1.54) is 12.5 Å². The van der Waals surface area contributed by atoms with Crippen molar-refractivity contribution in [3.05, 3.63) is 23.0 Å². The van der Waals surface area contributed by atoms with E-state index in [0.717, 1.165) is 38.5 Å². The van der Waals surface area contributed by atoms with Gasteiger partial charge in [0.1, 0.15) is 0 Å². The lowest BCUT2D eigenvalue weighted by atomic mass is 9.86. The molecule has 23 heavy (non-hydrogen) atoms. The number of aromatic nitrogens is 1. The van der Waals surface area contributed by atoms with E-state index in [-0.39, 0.29) is 28.0 Å². The number of nitrogens with two attached hydrogens (primary N) is 1. The van der Waals surface area contributed by atoms with Crippen molar-refractivity contribution in [3.63, 3.8) is 0 Å². The lowest BCUT2D eigenvalue weighted by Crippen LogP contribution is -2.21. The van der Waals surface area contributed by atoms with Gasteiger partial charge in [0, 0.05) is 5.92 Å². The number of aryl methyl sites for hydroxylation is 1. The smallest absolute Gasteiger partial charge is 0.250 e. The molecule has 0 aromatic carbocycles. The summed E-state index contributed by atoms with van der Waals surface area (Å²) in [5.74, 6) is -0.0192. The van der Waals surface area contributed by atoms with Gasteiger partial charge in [-0.25, -0.2) is 8.42 Å². The molecule has 2 aliphatic rings. The number of carbonyl (C=O) groups is 1. The molecule has 2 N–H and O–H groups in total. The van der Waals surface area contributed by atoms with Gasteiger partial charge in [-0.15, -0.1) is 0 Å². The van der Waals surface area contributed by atoms with Gasteiger partial charge in [0.2, 0.25) is 0 Å². The minimum absolute atomic E-state index is 0.162. The third-order valence-electron chi connectivity index (χ3n) is 4.95. The molecule has 0 atom stereocenters. The number of pyridine rings is 1. The van der Waals surface area contributed by atoms with Crippen molar-refractivity contribution in [3.8, 4) is 0 Å². The summed E-state index contributed by atoms with van der Waals surface area (Å²) in [7, 11) is -3.42. The highest BCUT2D eigenvalue weighted by Gasteiger charge is 2.33. The highest BCUT2D eigenvalue weighted by Crippen LogP contribution is 2.38. The molecule has 2 saturated carbocycles. The summed E-state index contributed by atoms with van der Waals surface area (Å²) in [6.07, 6.45) is 7.28. The normalized spacial score (nSPS) is 19.7. The average Bonchev–Trinajstić information content (AvgIpc) is 3.30. The number of amides is 1. The van der Waals surface area contributed by atoms with E-state index in [9.17, 15) is 13.2 Å². The van der Waals surface area contributed by atoms with Crippen LogP contribution in [0.4, 0.5) is 0 Å². The standard InChI is InChI=1S/C17H24N2O3S/c1-11-14(17(18)20)9-15(23(21,22)10-12-7-8-12)16(19-11)13-5-3-2-4-6-13/h9,12-13H,2-8,10H2,1H3,(H2,18,20). The Morgan fingerprint density at radius 2 is 1.87 bits per heavy atom. The van der Waals surface area contributed by atoms with E-state index >= 15 is 0 Å². The molecule has 0 radical (unpaired) electrons. The van der Waals surface area contributed by atoms with Crippen LogP contribution in [0.5, 0.6) is 0 Å². The van der Waals surface area contributed by atoms with Gasteiger partial charge in [0.05, 0.1) is 27.6 Å². The maximum absolute atomic E-state index is 12.8. The average molecular weight is 336 g/mol. The molecule has 1 aromatic heterocycles. The number of carbonyl (C=O) groups excluding carboxylic acids is 1. The van der Waals surface area contributed by atoms with Crippen LogP contribution in [0.1, 0.15) is 72.6 Å². The quantitative estimate of drug-likeness (QED) is 0.895. The Kier molecular flexibility index (Phi) is 4.45. The number of sulfone groups is 1. The highest BCUT2D eigenvalue weighted by atomic mass is 32.2. The fourth-order valence-electron chi connectivity index (χ4n) is 3.46. The van der Waals surface area contributed by atoms with Crippen LogP contribution in [0.2, 0.25) is 0 Å². The molecule has 0 saturated heterocycles. The summed E-state index contributed by atoms with van der Waals surface area (Å²) < 4.78 is 25.7. The zero-order chi connectivity index (χ0) is 16.6. The van der Waals surface area contributed by atoms with Crippen molar-refractivity contribution in [2.24, 2.45) is 11.7 Å². The van der Waals surface area contributed by atoms with Gasteiger partial charge in [-0.1, -0.05) is 19.3 Å². The second-order valence-electron chi connectivity index (χ2n) is 6.93. The summed E-state index contributed by atoms with van der Waals surface area (Å²) in [6, 6.07) is 1.48. The molecule has 1 amide bonds. The number of primary amides is 1. The van der Waals surface area contributed by atoms with E-state index in [1.807, 2.05) is 0 Å². The van der Waals surface area contributed by atoms with Crippen LogP contribution in [0.3, 0.4) is 0 Å². The molecule has 5 nitrogen and oxygen atoms in total. The Morgan fingerprint density at radius 3 is 2.43 bits per heavy atom. The number of rotatable bonds is 5. The third-order valence-corrected chi connectivity index (χ3v) is 6.86. The van der Waals surface area contributed by atoms with Gasteiger partial charge < -0.3 is 5.73 Å². The molecule has 1 aromatic rings. The summed E-state index contributed by atoms with van der Waals surface area (Å²) in [5, 5.41) is 0. The van der Waals surface area contributed by atoms with E-state index in [2.05, 4.69) is 4.98 Å². The van der Waals surface area contributed by atoms with E-state index in [4.69, 9.17) is 5.73 Å². The molecule has 6 heteroatoms. The Bertz CT molecular complexity index is 718. The summed E-state index contributed by atoms with van der Waals surface area (Å²) in [4.78, 5) is 16.4. The first-order valence-corrected chi connectivity index (χ1v) is 10.1. The van der Waals surface area contributed by atoms with Crippen LogP contribution >= 0.6 is 0 Å². The molecule has 3 rings (SSSR count). The maximum atomic E-state index is 12.8. The number of nitrogens with zero attached hydrogens (tertiary/aromatic N) is 1. The first kappa shape index (κ1) is 16.4. The predicted molar refractivity (Wildman–Crippen MR) is 88.1 cm³/mol. The van der Waals surface area contributed by atoms with Crippen molar-refractivity contribution < 1.29 is 13.2 Å². The first-order valence-electron chi connectivity index (χ1n) is 8.42. The maximum Gasteiger partial charge on any atom is 0.250 e. The van der Waals surface area contributed by atoms with Gasteiger partial charge in [-0.3, -0.25) is 9.78 Å². The van der Waals surface area contributed by atoms with Crippen molar-refractivity contribution >= 4 is 15.7 Å². The molecule has 0 aliphatic heterocycles. The van der Waals surface area contributed by atoms with Gasteiger partial charge >= 0.3 is 0 Å². The Morgan fingerprint density at radius 1 is 1.22 bits per heavy atom. The van der Waals surface area contributed by atoms with Gasteiger partial charge in [0.15, 0.2) is 9.84 Å². The minimum atomic E-state index is -3.42. The topological polar surface area (TPSA) is 90.1 Å².